The van der Waals surface area contributed by atoms with Gasteiger partial charge in [-0.05, 0) is 62.2 Å². The SMILES string of the molecule is COc1ccc(-c2cnc3c(Nc4ccc(C(=O)N5CCN(C(=O)[C@@H]6C[CH]CN6)CC5)c(C)c4)nccn23)c(F)c1F. The van der Waals surface area contributed by atoms with Gasteiger partial charge in [-0.2, -0.15) is 4.39 Å². The van der Waals surface area contributed by atoms with Crippen molar-refractivity contribution in [1.82, 2.24) is 29.5 Å². The number of fused-ring (bicyclic) bond motifs is 1. The van der Waals surface area contributed by atoms with Crippen LogP contribution in [0.5, 0.6) is 5.75 Å². The third kappa shape index (κ3) is 5.02. The summed E-state index contributed by atoms with van der Waals surface area (Å²) in [6, 6.07) is 8.05. The van der Waals surface area contributed by atoms with Gasteiger partial charge in [-0.3, -0.25) is 14.0 Å². The van der Waals surface area contributed by atoms with Crippen molar-refractivity contribution in [2.24, 2.45) is 0 Å². The number of halogens is 2. The van der Waals surface area contributed by atoms with Crippen LogP contribution >= 0.6 is 0 Å². The van der Waals surface area contributed by atoms with Crippen molar-refractivity contribution in [2.45, 2.75) is 19.4 Å². The van der Waals surface area contributed by atoms with Gasteiger partial charge in [0.2, 0.25) is 11.7 Å². The molecule has 0 unspecified atom stereocenters. The Hall–Kier alpha value is -4.58. The maximum atomic E-state index is 14.8. The molecule has 42 heavy (non-hydrogen) atoms. The van der Waals surface area contributed by atoms with Crippen molar-refractivity contribution >= 4 is 29.0 Å². The number of methoxy groups -OCH3 is 1. The number of carbonyl (C=O) groups is 2. The molecule has 0 spiro atoms. The van der Waals surface area contributed by atoms with Crippen molar-refractivity contribution in [3.05, 3.63) is 78.1 Å². The Labute approximate surface area is 241 Å². The van der Waals surface area contributed by atoms with Crippen LogP contribution in [-0.2, 0) is 4.79 Å². The first-order valence-corrected chi connectivity index (χ1v) is 13.7. The Bertz CT molecular complexity index is 1660. The number of rotatable bonds is 6. The zero-order valence-electron chi connectivity index (χ0n) is 23.2. The summed E-state index contributed by atoms with van der Waals surface area (Å²) in [5.41, 5.74) is 2.85. The largest absolute Gasteiger partial charge is 0.494 e. The Kier molecular flexibility index (Phi) is 7.46. The number of benzene rings is 2. The number of aromatic nitrogens is 3. The average Bonchev–Trinajstić information content (AvgIpc) is 3.70. The van der Waals surface area contributed by atoms with Crippen LogP contribution in [0.1, 0.15) is 22.3 Å². The lowest BCUT2D eigenvalue weighted by molar-refractivity contribution is -0.134. The Morgan fingerprint density at radius 1 is 1.05 bits per heavy atom. The van der Waals surface area contributed by atoms with E-state index in [9.17, 15) is 18.4 Å². The zero-order valence-corrected chi connectivity index (χ0v) is 23.2. The molecule has 2 aromatic heterocycles. The fourth-order valence-corrected chi connectivity index (χ4v) is 5.48. The lowest BCUT2D eigenvalue weighted by Gasteiger charge is -2.36. The second-order valence-corrected chi connectivity index (χ2v) is 10.3. The van der Waals surface area contributed by atoms with E-state index in [1.807, 2.05) is 17.9 Å². The highest BCUT2D eigenvalue weighted by atomic mass is 19.2. The van der Waals surface area contributed by atoms with Gasteiger partial charge in [-0.1, -0.05) is 0 Å². The first-order chi connectivity index (χ1) is 20.4. The van der Waals surface area contributed by atoms with E-state index in [1.165, 1.54) is 31.6 Å². The van der Waals surface area contributed by atoms with E-state index in [-0.39, 0.29) is 29.2 Å². The number of hydrogen-bond acceptors (Lipinski definition) is 7. The minimum atomic E-state index is -1.07. The fourth-order valence-electron chi connectivity index (χ4n) is 5.48. The molecule has 1 atom stereocenters. The molecular formula is C30H30F2N7O3. The molecule has 10 nitrogen and oxygen atoms in total. The first-order valence-electron chi connectivity index (χ1n) is 13.7. The molecule has 4 heterocycles. The van der Waals surface area contributed by atoms with Gasteiger partial charge in [-0.25, -0.2) is 14.4 Å². The number of amides is 2. The molecular weight excluding hydrogens is 544 g/mol. The maximum absolute atomic E-state index is 14.8. The molecule has 1 radical (unpaired) electrons. The van der Waals surface area contributed by atoms with Crippen molar-refractivity contribution in [1.29, 1.82) is 0 Å². The minimum absolute atomic E-state index is 0.0376. The van der Waals surface area contributed by atoms with Crippen LogP contribution in [0.15, 0.2) is 48.9 Å². The van der Waals surface area contributed by atoms with E-state index in [1.54, 1.807) is 27.6 Å². The highest BCUT2D eigenvalue weighted by Gasteiger charge is 2.31. The summed E-state index contributed by atoms with van der Waals surface area (Å²) in [4.78, 5) is 38.4. The summed E-state index contributed by atoms with van der Waals surface area (Å²) >= 11 is 0. The number of nitrogens with zero attached hydrogens (tertiary/aromatic N) is 5. The molecule has 2 saturated heterocycles. The van der Waals surface area contributed by atoms with Crippen LogP contribution in [0.3, 0.4) is 0 Å². The van der Waals surface area contributed by atoms with Crippen molar-refractivity contribution in [3.8, 4) is 17.0 Å². The lowest BCUT2D eigenvalue weighted by Crippen LogP contribution is -2.54. The topological polar surface area (TPSA) is 104 Å². The molecule has 6 rings (SSSR count). The van der Waals surface area contributed by atoms with Gasteiger partial charge in [0.25, 0.3) is 5.91 Å². The molecule has 2 amide bonds. The number of nitrogens with one attached hydrogen (secondary N) is 2. The van der Waals surface area contributed by atoms with Gasteiger partial charge in [0.1, 0.15) is 0 Å². The summed E-state index contributed by atoms with van der Waals surface area (Å²) < 4.78 is 35.7. The Balaban J connectivity index is 1.16. The average molecular weight is 575 g/mol. The van der Waals surface area contributed by atoms with Crippen LogP contribution in [-0.4, -0.2) is 81.9 Å². The second-order valence-electron chi connectivity index (χ2n) is 10.3. The summed E-state index contributed by atoms with van der Waals surface area (Å²) in [6.07, 6.45) is 7.42. The third-order valence-electron chi connectivity index (χ3n) is 7.78. The predicted molar refractivity (Wildman–Crippen MR) is 153 cm³/mol. The van der Waals surface area contributed by atoms with Crippen molar-refractivity contribution in [2.75, 3.05) is 45.2 Å². The smallest absolute Gasteiger partial charge is 0.254 e. The number of carbonyl (C=O) groups excluding carboxylic acids is 2. The number of imidazole rings is 1. The number of piperazine rings is 1. The van der Waals surface area contributed by atoms with Crippen LogP contribution in [0.25, 0.3) is 16.9 Å². The molecule has 2 aliphatic heterocycles. The standard InChI is InChI=1S/C30H30F2N7O3/c1-18-16-19(5-6-20(18)29(40)37-12-14-38(15-13-37)30(41)22-4-3-9-33-22)36-27-28-35-17-23(39(28)11-10-34-27)21-7-8-24(42-2)26(32)25(21)31/h3,5-8,10-11,16-17,22,33H,4,9,12-15H2,1-2H3,(H,34,36)/t22-/m0/s1. The summed E-state index contributed by atoms with van der Waals surface area (Å²) in [5, 5.41) is 6.42. The molecule has 2 fully saturated rings. The van der Waals surface area contributed by atoms with Gasteiger partial charge >= 0.3 is 0 Å². The van der Waals surface area contributed by atoms with Crippen LogP contribution in [0.4, 0.5) is 20.3 Å². The normalized spacial score (nSPS) is 17.1. The van der Waals surface area contributed by atoms with Gasteiger partial charge in [-0.15, -0.1) is 0 Å². The predicted octanol–water partition coefficient (Wildman–Crippen LogP) is 3.59. The third-order valence-corrected chi connectivity index (χ3v) is 7.78. The molecule has 12 heteroatoms. The Morgan fingerprint density at radius 2 is 1.83 bits per heavy atom. The van der Waals surface area contributed by atoms with Crippen LogP contribution < -0.4 is 15.4 Å². The molecule has 2 N–H and O–H groups in total. The number of anilines is 2. The summed E-state index contributed by atoms with van der Waals surface area (Å²) in [7, 11) is 1.28. The number of aryl methyl sites for hydroxylation is 1. The monoisotopic (exact) mass is 574 g/mol. The van der Waals surface area contributed by atoms with E-state index in [0.717, 1.165) is 18.5 Å². The quantitative estimate of drug-likeness (QED) is 0.363. The molecule has 0 aliphatic carbocycles. The van der Waals surface area contributed by atoms with Gasteiger partial charge in [0.15, 0.2) is 23.0 Å². The zero-order chi connectivity index (χ0) is 29.4. The van der Waals surface area contributed by atoms with Crippen molar-refractivity contribution in [3.63, 3.8) is 0 Å². The summed E-state index contributed by atoms with van der Waals surface area (Å²) in [6.45, 7) is 4.59. The van der Waals surface area contributed by atoms with Crippen LogP contribution in [0, 0.1) is 25.0 Å². The van der Waals surface area contributed by atoms with E-state index in [0.29, 0.717) is 54.6 Å². The lowest BCUT2D eigenvalue weighted by atomic mass is 10.1. The van der Waals surface area contributed by atoms with E-state index in [4.69, 9.17) is 4.74 Å². The highest BCUT2D eigenvalue weighted by Crippen LogP contribution is 2.31. The first kappa shape index (κ1) is 27.6. The molecule has 217 valence electrons. The van der Waals surface area contributed by atoms with Gasteiger partial charge in [0.05, 0.1) is 25.0 Å². The molecule has 2 aliphatic rings. The van der Waals surface area contributed by atoms with E-state index in [2.05, 4.69) is 27.0 Å². The Morgan fingerprint density at radius 3 is 2.55 bits per heavy atom. The maximum Gasteiger partial charge on any atom is 0.254 e. The van der Waals surface area contributed by atoms with Crippen molar-refractivity contribution < 1.29 is 23.1 Å². The van der Waals surface area contributed by atoms with Gasteiger partial charge < -0.3 is 25.2 Å². The van der Waals surface area contributed by atoms with Crippen LogP contribution in [0.2, 0.25) is 0 Å². The molecule has 4 aromatic rings. The molecule has 0 saturated carbocycles. The van der Waals surface area contributed by atoms with Gasteiger partial charge in [0, 0.05) is 55.4 Å². The molecule has 2 aromatic carbocycles. The summed E-state index contributed by atoms with van der Waals surface area (Å²) in [5.74, 6) is -1.86. The minimum Gasteiger partial charge on any atom is -0.494 e. The van der Waals surface area contributed by atoms with E-state index < -0.39 is 11.6 Å². The second kappa shape index (κ2) is 11.4. The number of hydrogen-bond donors (Lipinski definition) is 2. The fraction of sp³-hybridized carbons (Fsp3) is 0.300. The highest BCUT2D eigenvalue weighted by molar-refractivity contribution is 5.96. The van der Waals surface area contributed by atoms with E-state index >= 15 is 0 Å². The molecule has 0 bridgehead atoms. The number of ether oxygens (including phenoxy) is 1.